The fourth-order valence-electron chi connectivity index (χ4n) is 0.886. The van der Waals surface area contributed by atoms with Crippen molar-refractivity contribution >= 4 is 28.7 Å². The van der Waals surface area contributed by atoms with Gasteiger partial charge < -0.3 is 0 Å². The van der Waals surface area contributed by atoms with Crippen molar-refractivity contribution in [3.63, 3.8) is 0 Å². The fraction of sp³-hybridized carbons (Fsp3) is 0.222. The van der Waals surface area contributed by atoms with Crippen LogP contribution in [0.1, 0.15) is 17.7 Å². The first-order valence-corrected chi connectivity index (χ1v) is 4.90. The van der Waals surface area contributed by atoms with Gasteiger partial charge in [-0.15, -0.1) is 11.8 Å². The van der Waals surface area contributed by atoms with Gasteiger partial charge in [-0.05, 0) is 12.5 Å². The Bertz CT molecular complexity index is 218. The molecule has 1 unspecified atom stereocenters. The molecule has 0 spiro atoms. The second-order valence-electron chi connectivity index (χ2n) is 2.29. The van der Waals surface area contributed by atoms with Crippen molar-refractivity contribution in [3.05, 3.63) is 35.9 Å². The van der Waals surface area contributed by atoms with Crippen LogP contribution in [0.25, 0.3) is 0 Å². The van der Waals surface area contributed by atoms with E-state index >= 15 is 0 Å². The molecule has 1 atom stereocenters. The summed E-state index contributed by atoms with van der Waals surface area (Å²) >= 11 is 6.44. The zero-order valence-corrected chi connectivity index (χ0v) is 7.99. The largest absolute Gasteiger partial charge is 0.114 e. The summed E-state index contributed by atoms with van der Waals surface area (Å²) < 4.78 is 1.72. The molecule has 0 saturated heterocycles. The summed E-state index contributed by atoms with van der Waals surface area (Å²) in [6.45, 7) is 2.16. The third-order valence-corrected chi connectivity index (χ3v) is 2.65. The molecule has 2 heteroatoms. The lowest BCUT2D eigenvalue weighted by Gasteiger charge is -2.06. The van der Waals surface area contributed by atoms with Crippen LogP contribution in [-0.2, 0) is 0 Å². The Morgan fingerprint density at radius 2 is 2.00 bits per heavy atom. The summed E-state index contributed by atoms with van der Waals surface area (Å²) in [5.41, 5.74) is 1.33. The van der Waals surface area contributed by atoms with Crippen molar-refractivity contribution in [2.75, 3.05) is 0 Å². The third kappa shape index (κ3) is 2.64. The maximum atomic E-state index is 4.77. The van der Waals surface area contributed by atoms with Crippen LogP contribution in [0.15, 0.2) is 30.3 Å². The average molecular weight is 182 g/mol. The number of rotatable bonds is 3. The van der Waals surface area contributed by atoms with Gasteiger partial charge in [-0.25, -0.2) is 0 Å². The van der Waals surface area contributed by atoms with Crippen molar-refractivity contribution in [3.8, 4) is 0 Å². The van der Waals surface area contributed by atoms with Crippen molar-refractivity contribution < 1.29 is 0 Å². The molecule has 0 saturated carbocycles. The standard InChI is InChI=1S/C9H10S2/c1-8(11-7-10)9-5-3-2-4-6-9/h2-8H,1H3. The Morgan fingerprint density at radius 3 is 2.55 bits per heavy atom. The van der Waals surface area contributed by atoms with Gasteiger partial charge in [0.15, 0.2) is 0 Å². The van der Waals surface area contributed by atoms with Gasteiger partial charge in [-0.2, -0.15) is 0 Å². The highest BCUT2D eigenvalue weighted by molar-refractivity contribution is 8.20. The second kappa shape index (κ2) is 4.52. The number of benzene rings is 1. The molecule has 1 aromatic rings. The number of thiocarbonyl (C=S) groups is 1. The van der Waals surface area contributed by atoms with Crippen molar-refractivity contribution in [2.24, 2.45) is 0 Å². The summed E-state index contributed by atoms with van der Waals surface area (Å²) in [6, 6.07) is 10.4. The van der Waals surface area contributed by atoms with E-state index in [4.69, 9.17) is 12.2 Å². The third-order valence-electron chi connectivity index (χ3n) is 1.53. The lowest BCUT2D eigenvalue weighted by atomic mass is 10.2. The van der Waals surface area contributed by atoms with Crippen LogP contribution in [0, 0.1) is 0 Å². The van der Waals surface area contributed by atoms with E-state index in [-0.39, 0.29) is 0 Å². The molecule has 0 aromatic heterocycles. The highest BCUT2D eigenvalue weighted by atomic mass is 32.2. The fourth-order valence-corrected chi connectivity index (χ4v) is 1.87. The summed E-state index contributed by atoms with van der Waals surface area (Å²) in [6.07, 6.45) is 0. The molecule has 0 nitrogen and oxygen atoms in total. The number of hydrogen-bond donors (Lipinski definition) is 0. The van der Waals surface area contributed by atoms with E-state index in [1.807, 2.05) is 6.07 Å². The second-order valence-corrected chi connectivity index (χ2v) is 4.03. The van der Waals surface area contributed by atoms with Gasteiger partial charge >= 0.3 is 0 Å². The maximum Gasteiger partial charge on any atom is 0.0347 e. The summed E-state index contributed by atoms with van der Waals surface area (Å²) in [7, 11) is 0. The molecule has 0 radical (unpaired) electrons. The first-order chi connectivity index (χ1) is 5.34. The van der Waals surface area contributed by atoms with Gasteiger partial charge in [0.1, 0.15) is 0 Å². The molecule has 1 aromatic carbocycles. The van der Waals surface area contributed by atoms with Crippen LogP contribution >= 0.6 is 24.0 Å². The van der Waals surface area contributed by atoms with Crippen molar-refractivity contribution in [1.29, 1.82) is 0 Å². The van der Waals surface area contributed by atoms with Crippen LogP contribution in [-0.4, -0.2) is 4.70 Å². The predicted octanol–water partition coefficient (Wildman–Crippen LogP) is 3.44. The zero-order chi connectivity index (χ0) is 8.10. The highest BCUT2D eigenvalue weighted by Gasteiger charge is 2.01. The lowest BCUT2D eigenvalue weighted by molar-refractivity contribution is 1.11. The molecule has 11 heavy (non-hydrogen) atoms. The monoisotopic (exact) mass is 182 g/mol. The van der Waals surface area contributed by atoms with Gasteiger partial charge in [0.25, 0.3) is 0 Å². The SMILES string of the molecule is CC(SC=S)c1ccccc1. The Hall–Kier alpha value is -0.340. The van der Waals surface area contributed by atoms with Crippen LogP contribution in [0.2, 0.25) is 0 Å². The van der Waals surface area contributed by atoms with Gasteiger partial charge in [0.05, 0.1) is 0 Å². The molecule has 0 bridgehead atoms. The molecule has 0 fully saturated rings. The predicted molar refractivity (Wildman–Crippen MR) is 56.1 cm³/mol. The first kappa shape index (κ1) is 8.75. The van der Waals surface area contributed by atoms with E-state index in [0.29, 0.717) is 5.25 Å². The van der Waals surface area contributed by atoms with Gasteiger partial charge in [-0.1, -0.05) is 42.5 Å². The molecule has 0 aliphatic rings. The molecule has 58 valence electrons. The Kier molecular flexibility index (Phi) is 3.60. The lowest BCUT2D eigenvalue weighted by Crippen LogP contribution is -1.85. The van der Waals surface area contributed by atoms with E-state index in [0.717, 1.165) is 0 Å². The van der Waals surface area contributed by atoms with Crippen LogP contribution in [0.4, 0.5) is 0 Å². The minimum absolute atomic E-state index is 0.480. The van der Waals surface area contributed by atoms with E-state index in [1.165, 1.54) is 5.56 Å². The van der Waals surface area contributed by atoms with E-state index in [1.54, 1.807) is 16.5 Å². The molecule has 0 aliphatic carbocycles. The first-order valence-electron chi connectivity index (χ1n) is 3.48. The summed E-state index contributed by atoms with van der Waals surface area (Å²) in [5, 5.41) is 0.480. The Balaban J connectivity index is 2.68. The molecule has 0 amide bonds. The zero-order valence-electron chi connectivity index (χ0n) is 6.36. The van der Waals surface area contributed by atoms with Gasteiger partial charge in [-0.3, -0.25) is 0 Å². The van der Waals surface area contributed by atoms with Crippen LogP contribution in [0.5, 0.6) is 0 Å². The Labute approximate surface area is 77.0 Å². The molecule has 0 heterocycles. The van der Waals surface area contributed by atoms with Gasteiger partial charge in [0.2, 0.25) is 0 Å². The Morgan fingerprint density at radius 1 is 1.36 bits per heavy atom. The quantitative estimate of drug-likeness (QED) is 0.657. The van der Waals surface area contributed by atoms with Crippen molar-refractivity contribution in [2.45, 2.75) is 12.2 Å². The van der Waals surface area contributed by atoms with E-state index < -0.39 is 0 Å². The molecular formula is C9H10S2. The topological polar surface area (TPSA) is 0 Å². The van der Waals surface area contributed by atoms with Crippen LogP contribution < -0.4 is 0 Å². The van der Waals surface area contributed by atoms with Crippen molar-refractivity contribution in [1.82, 2.24) is 0 Å². The van der Waals surface area contributed by atoms with E-state index in [2.05, 4.69) is 31.2 Å². The highest BCUT2D eigenvalue weighted by Crippen LogP contribution is 2.25. The van der Waals surface area contributed by atoms with Gasteiger partial charge in [0, 0.05) is 9.95 Å². The minimum atomic E-state index is 0.480. The number of hydrogen-bond acceptors (Lipinski definition) is 2. The van der Waals surface area contributed by atoms with E-state index in [9.17, 15) is 0 Å². The molecule has 0 N–H and O–H groups in total. The maximum absolute atomic E-state index is 4.77. The summed E-state index contributed by atoms with van der Waals surface area (Å²) in [4.78, 5) is 0. The summed E-state index contributed by atoms with van der Waals surface area (Å²) in [5.74, 6) is 0. The smallest absolute Gasteiger partial charge is 0.0347 e. The van der Waals surface area contributed by atoms with Crippen LogP contribution in [0.3, 0.4) is 0 Å². The minimum Gasteiger partial charge on any atom is -0.114 e. The normalized spacial score (nSPS) is 12.5. The molecular weight excluding hydrogens is 172 g/mol. The molecule has 1 rings (SSSR count). The molecule has 0 aliphatic heterocycles. The number of thioether (sulfide) groups is 1. The average Bonchev–Trinajstić information content (AvgIpc) is 2.07.